The molecule has 1 N–H and O–H groups in total. The number of aryl methyl sites for hydroxylation is 1. The zero-order valence-corrected chi connectivity index (χ0v) is 16.1. The minimum absolute atomic E-state index is 0.00735. The molecule has 5 heteroatoms. The van der Waals surface area contributed by atoms with E-state index in [0.717, 1.165) is 22.2 Å². The number of pyridine rings is 1. The van der Waals surface area contributed by atoms with Crippen molar-refractivity contribution in [2.45, 2.75) is 13.8 Å². The Kier molecular flexibility index (Phi) is 5.84. The average molecular weight is 375 g/mol. The van der Waals surface area contributed by atoms with Crippen LogP contribution >= 0.6 is 0 Å². The molecule has 142 valence electrons. The van der Waals surface area contributed by atoms with Crippen molar-refractivity contribution in [2.24, 2.45) is 7.05 Å². The third-order valence-corrected chi connectivity index (χ3v) is 4.37. The number of hydrogen-bond acceptors (Lipinski definition) is 2. The van der Waals surface area contributed by atoms with Crippen LogP contribution in [0.5, 0.6) is 0 Å². The molecule has 1 amide bonds. The van der Waals surface area contributed by atoms with Gasteiger partial charge in [-0.25, -0.2) is 9.37 Å². The molecular formula is C23H22FN3O. The molecule has 0 spiro atoms. The SMILES string of the molecule is CC.Cn1c(-c2ccc(NC(=O)c3ccccc3F)nc2)cc2ccccc21. The Morgan fingerprint density at radius 1 is 1.00 bits per heavy atom. The van der Waals surface area contributed by atoms with E-state index in [-0.39, 0.29) is 5.56 Å². The molecule has 0 fully saturated rings. The summed E-state index contributed by atoms with van der Waals surface area (Å²) in [5.41, 5.74) is 3.10. The van der Waals surface area contributed by atoms with Crippen molar-refractivity contribution >= 4 is 22.6 Å². The molecular weight excluding hydrogens is 353 g/mol. The van der Waals surface area contributed by atoms with Crippen LogP contribution in [-0.2, 0) is 7.05 Å². The summed E-state index contributed by atoms with van der Waals surface area (Å²) in [7, 11) is 2.01. The van der Waals surface area contributed by atoms with Crippen LogP contribution in [-0.4, -0.2) is 15.5 Å². The quantitative estimate of drug-likeness (QED) is 0.502. The summed E-state index contributed by atoms with van der Waals surface area (Å²) < 4.78 is 15.8. The molecule has 0 aliphatic carbocycles. The van der Waals surface area contributed by atoms with Crippen LogP contribution < -0.4 is 5.32 Å². The van der Waals surface area contributed by atoms with Crippen molar-refractivity contribution in [2.75, 3.05) is 5.32 Å². The van der Waals surface area contributed by atoms with Crippen LogP contribution in [0.1, 0.15) is 24.2 Å². The molecule has 4 rings (SSSR count). The third-order valence-electron chi connectivity index (χ3n) is 4.37. The van der Waals surface area contributed by atoms with E-state index >= 15 is 0 Å². The molecule has 28 heavy (non-hydrogen) atoms. The molecule has 0 saturated heterocycles. The highest BCUT2D eigenvalue weighted by Gasteiger charge is 2.12. The van der Waals surface area contributed by atoms with E-state index in [1.54, 1.807) is 24.4 Å². The average Bonchev–Trinajstić information content (AvgIpc) is 3.07. The van der Waals surface area contributed by atoms with Crippen molar-refractivity contribution in [1.82, 2.24) is 9.55 Å². The Hall–Kier alpha value is -3.47. The molecule has 2 aromatic heterocycles. The van der Waals surface area contributed by atoms with Gasteiger partial charge in [0.05, 0.1) is 11.3 Å². The first-order valence-electron chi connectivity index (χ1n) is 9.20. The zero-order valence-electron chi connectivity index (χ0n) is 16.1. The molecule has 2 heterocycles. The normalized spacial score (nSPS) is 10.3. The van der Waals surface area contributed by atoms with Crippen molar-refractivity contribution in [1.29, 1.82) is 0 Å². The van der Waals surface area contributed by atoms with Crippen LogP contribution in [0.25, 0.3) is 22.2 Å². The van der Waals surface area contributed by atoms with Crippen LogP contribution in [0.15, 0.2) is 72.9 Å². The van der Waals surface area contributed by atoms with Gasteiger partial charge in [0, 0.05) is 29.7 Å². The lowest BCUT2D eigenvalue weighted by Crippen LogP contribution is -2.14. The van der Waals surface area contributed by atoms with Gasteiger partial charge in [0.15, 0.2) is 0 Å². The first-order valence-corrected chi connectivity index (χ1v) is 9.20. The van der Waals surface area contributed by atoms with E-state index in [1.807, 2.05) is 39.1 Å². The number of hydrogen-bond donors (Lipinski definition) is 1. The summed E-state index contributed by atoms with van der Waals surface area (Å²) in [6, 6.07) is 19.7. The first-order chi connectivity index (χ1) is 13.6. The number of benzene rings is 2. The van der Waals surface area contributed by atoms with Gasteiger partial charge >= 0.3 is 0 Å². The van der Waals surface area contributed by atoms with Crippen molar-refractivity contribution in [3.63, 3.8) is 0 Å². The van der Waals surface area contributed by atoms with Crippen LogP contribution in [0.3, 0.4) is 0 Å². The van der Waals surface area contributed by atoms with Gasteiger partial charge in [-0.05, 0) is 36.4 Å². The van der Waals surface area contributed by atoms with Gasteiger partial charge in [-0.1, -0.05) is 44.2 Å². The number of carbonyl (C=O) groups excluding carboxylic acids is 1. The number of para-hydroxylation sites is 1. The number of aromatic nitrogens is 2. The summed E-state index contributed by atoms with van der Waals surface area (Å²) in [6.45, 7) is 4.00. The molecule has 0 radical (unpaired) electrons. The molecule has 0 saturated carbocycles. The van der Waals surface area contributed by atoms with Gasteiger partial charge in [-0.15, -0.1) is 0 Å². The number of nitrogens with one attached hydrogen (secondary N) is 1. The fourth-order valence-corrected chi connectivity index (χ4v) is 3.01. The van der Waals surface area contributed by atoms with Gasteiger partial charge < -0.3 is 9.88 Å². The zero-order chi connectivity index (χ0) is 20.1. The highest BCUT2D eigenvalue weighted by molar-refractivity contribution is 6.04. The van der Waals surface area contributed by atoms with Crippen molar-refractivity contribution in [3.8, 4) is 11.3 Å². The number of halogens is 1. The lowest BCUT2D eigenvalue weighted by atomic mass is 10.2. The highest BCUT2D eigenvalue weighted by Crippen LogP contribution is 2.27. The van der Waals surface area contributed by atoms with E-state index in [1.165, 1.54) is 12.1 Å². The molecule has 4 aromatic rings. The maximum atomic E-state index is 13.7. The van der Waals surface area contributed by atoms with Gasteiger partial charge in [-0.2, -0.15) is 0 Å². The van der Waals surface area contributed by atoms with Gasteiger partial charge in [-0.3, -0.25) is 4.79 Å². The lowest BCUT2D eigenvalue weighted by Gasteiger charge is -2.07. The molecule has 0 unspecified atom stereocenters. The highest BCUT2D eigenvalue weighted by atomic mass is 19.1. The maximum Gasteiger partial charge on any atom is 0.259 e. The van der Waals surface area contributed by atoms with Crippen LogP contribution in [0, 0.1) is 5.82 Å². The van der Waals surface area contributed by atoms with Gasteiger partial charge in [0.1, 0.15) is 11.6 Å². The second-order valence-electron chi connectivity index (χ2n) is 6.01. The Bertz CT molecular complexity index is 1100. The first kappa shape index (κ1) is 19.3. The molecule has 4 nitrogen and oxygen atoms in total. The fourth-order valence-electron chi connectivity index (χ4n) is 3.01. The Balaban J connectivity index is 0.00000109. The van der Waals surface area contributed by atoms with E-state index < -0.39 is 11.7 Å². The Morgan fingerprint density at radius 2 is 1.71 bits per heavy atom. The summed E-state index contributed by atoms with van der Waals surface area (Å²) in [6.07, 6.45) is 1.70. The summed E-state index contributed by atoms with van der Waals surface area (Å²) in [4.78, 5) is 16.5. The minimum Gasteiger partial charge on any atom is -0.344 e. The number of carbonyl (C=O) groups is 1. The number of anilines is 1. The number of rotatable bonds is 3. The number of fused-ring (bicyclic) bond motifs is 1. The molecule has 0 bridgehead atoms. The monoisotopic (exact) mass is 375 g/mol. The summed E-state index contributed by atoms with van der Waals surface area (Å²) >= 11 is 0. The van der Waals surface area contributed by atoms with E-state index in [9.17, 15) is 9.18 Å². The van der Waals surface area contributed by atoms with E-state index in [4.69, 9.17) is 0 Å². The summed E-state index contributed by atoms with van der Waals surface area (Å²) in [5, 5.41) is 3.78. The van der Waals surface area contributed by atoms with Gasteiger partial charge in [0.2, 0.25) is 0 Å². The van der Waals surface area contributed by atoms with Crippen molar-refractivity contribution < 1.29 is 9.18 Å². The minimum atomic E-state index is -0.558. The predicted molar refractivity (Wildman–Crippen MR) is 112 cm³/mol. The number of amides is 1. The lowest BCUT2D eigenvalue weighted by molar-refractivity contribution is 0.102. The second kappa shape index (κ2) is 8.48. The van der Waals surface area contributed by atoms with Gasteiger partial charge in [0.25, 0.3) is 5.91 Å². The molecule has 2 aromatic carbocycles. The predicted octanol–water partition coefficient (Wildman–Crippen LogP) is 5.66. The standard InChI is InChI=1S/C21H16FN3O.C2H6/c1-25-18-9-5-2-6-14(18)12-19(25)15-10-11-20(23-13-15)24-21(26)16-7-3-4-8-17(16)22;1-2/h2-13H,1H3,(H,23,24,26);1-2H3. The smallest absolute Gasteiger partial charge is 0.259 e. The van der Waals surface area contributed by atoms with Crippen LogP contribution in [0.4, 0.5) is 10.2 Å². The van der Waals surface area contributed by atoms with E-state index in [0.29, 0.717) is 5.82 Å². The van der Waals surface area contributed by atoms with E-state index in [2.05, 4.69) is 33.1 Å². The van der Waals surface area contributed by atoms with Crippen LogP contribution in [0.2, 0.25) is 0 Å². The molecule has 0 aliphatic rings. The topological polar surface area (TPSA) is 46.9 Å². The third kappa shape index (κ3) is 3.78. The second-order valence-corrected chi connectivity index (χ2v) is 6.01. The largest absolute Gasteiger partial charge is 0.344 e. The fraction of sp³-hybridized carbons (Fsp3) is 0.130. The van der Waals surface area contributed by atoms with Crippen molar-refractivity contribution in [3.05, 3.63) is 84.3 Å². The Labute approximate surface area is 163 Å². The summed E-state index contributed by atoms with van der Waals surface area (Å²) in [5.74, 6) is -0.703. The molecule has 0 aliphatic heterocycles. The molecule has 0 atom stereocenters. The Morgan fingerprint density at radius 3 is 2.39 bits per heavy atom. The number of nitrogens with zero attached hydrogens (tertiary/aromatic N) is 2. The maximum absolute atomic E-state index is 13.7.